The van der Waals surface area contributed by atoms with Crippen molar-refractivity contribution in [3.8, 4) is 11.5 Å². The van der Waals surface area contributed by atoms with Gasteiger partial charge in [-0.3, -0.25) is 4.79 Å². The molecule has 1 N–H and O–H groups in total. The van der Waals surface area contributed by atoms with E-state index in [-0.39, 0.29) is 11.7 Å². The second kappa shape index (κ2) is 8.40. The lowest BCUT2D eigenvalue weighted by Gasteiger charge is -2.26. The fourth-order valence-electron chi connectivity index (χ4n) is 3.20. The molecule has 1 fully saturated rings. The predicted molar refractivity (Wildman–Crippen MR) is 107 cm³/mol. The Balaban J connectivity index is 1.40. The van der Waals surface area contributed by atoms with Gasteiger partial charge in [0.1, 0.15) is 13.2 Å². The van der Waals surface area contributed by atoms with Gasteiger partial charge < -0.3 is 19.5 Å². The normalized spacial score (nSPS) is 17.0. The van der Waals surface area contributed by atoms with E-state index >= 15 is 0 Å². The molecule has 29 heavy (non-hydrogen) atoms. The number of sulfonamides is 1. The van der Waals surface area contributed by atoms with E-state index in [0.29, 0.717) is 67.8 Å². The van der Waals surface area contributed by atoms with E-state index in [1.54, 1.807) is 42.5 Å². The van der Waals surface area contributed by atoms with Crippen LogP contribution in [0.4, 0.5) is 5.69 Å². The number of benzene rings is 2. The smallest absolute Gasteiger partial charge is 0.255 e. The Morgan fingerprint density at radius 2 is 1.62 bits per heavy atom. The molecular formula is C20H22N2O6S. The maximum Gasteiger partial charge on any atom is 0.255 e. The van der Waals surface area contributed by atoms with Gasteiger partial charge in [0.25, 0.3) is 5.91 Å². The van der Waals surface area contributed by atoms with Crippen molar-refractivity contribution in [1.82, 2.24) is 4.31 Å². The minimum Gasteiger partial charge on any atom is -0.486 e. The highest BCUT2D eigenvalue weighted by molar-refractivity contribution is 7.88. The molecule has 2 aliphatic rings. The molecule has 0 unspecified atom stereocenters. The number of ether oxygens (including phenoxy) is 3. The van der Waals surface area contributed by atoms with Crippen LogP contribution in [0.5, 0.6) is 11.5 Å². The SMILES string of the molecule is O=C(Nc1ccc2c(c1)OCCO2)c1ccc(CS(=O)(=O)N2CCOCC2)cc1. The third-order valence-electron chi connectivity index (χ3n) is 4.73. The molecule has 0 radical (unpaired) electrons. The van der Waals surface area contributed by atoms with Crippen molar-refractivity contribution in [2.75, 3.05) is 44.8 Å². The molecule has 154 valence electrons. The first kappa shape index (κ1) is 19.7. The largest absolute Gasteiger partial charge is 0.486 e. The number of rotatable bonds is 5. The number of nitrogens with zero attached hydrogens (tertiary/aromatic N) is 1. The zero-order valence-electron chi connectivity index (χ0n) is 15.8. The lowest BCUT2D eigenvalue weighted by atomic mass is 10.1. The molecule has 0 aliphatic carbocycles. The molecule has 2 aromatic carbocycles. The van der Waals surface area contributed by atoms with Crippen LogP contribution < -0.4 is 14.8 Å². The van der Waals surface area contributed by atoms with Crippen LogP contribution >= 0.6 is 0 Å². The lowest BCUT2D eigenvalue weighted by Crippen LogP contribution is -2.41. The molecule has 8 nitrogen and oxygen atoms in total. The summed E-state index contributed by atoms with van der Waals surface area (Å²) in [6.07, 6.45) is 0. The maximum atomic E-state index is 12.5. The second-order valence-corrected chi connectivity index (χ2v) is 8.75. The summed E-state index contributed by atoms with van der Waals surface area (Å²) < 4.78 is 42.6. The van der Waals surface area contributed by atoms with E-state index in [2.05, 4.69) is 5.32 Å². The fourth-order valence-corrected chi connectivity index (χ4v) is 4.71. The molecule has 4 rings (SSSR count). The maximum absolute atomic E-state index is 12.5. The summed E-state index contributed by atoms with van der Waals surface area (Å²) in [5.41, 5.74) is 1.66. The van der Waals surface area contributed by atoms with Gasteiger partial charge in [-0.15, -0.1) is 0 Å². The summed E-state index contributed by atoms with van der Waals surface area (Å²) in [6.45, 7) is 2.55. The number of fused-ring (bicyclic) bond motifs is 1. The van der Waals surface area contributed by atoms with Crippen LogP contribution in [-0.2, 0) is 20.5 Å². The molecular weight excluding hydrogens is 396 g/mol. The fraction of sp³-hybridized carbons (Fsp3) is 0.350. The molecule has 1 amide bonds. The number of carbonyl (C=O) groups excluding carboxylic acids is 1. The molecule has 9 heteroatoms. The number of morpholine rings is 1. The Bertz CT molecular complexity index is 985. The third-order valence-corrected chi connectivity index (χ3v) is 6.58. The summed E-state index contributed by atoms with van der Waals surface area (Å²) in [6, 6.07) is 11.8. The number of anilines is 1. The monoisotopic (exact) mass is 418 g/mol. The first-order valence-corrected chi connectivity index (χ1v) is 11.0. The molecule has 0 saturated carbocycles. The van der Waals surface area contributed by atoms with Crippen molar-refractivity contribution in [3.05, 3.63) is 53.6 Å². The highest BCUT2D eigenvalue weighted by Crippen LogP contribution is 2.32. The van der Waals surface area contributed by atoms with Crippen LogP contribution in [0.2, 0.25) is 0 Å². The first-order valence-electron chi connectivity index (χ1n) is 9.37. The van der Waals surface area contributed by atoms with Gasteiger partial charge in [0.05, 0.1) is 19.0 Å². The van der Waals surface area contributed by atoms with Gasteiger partial charge in [0.2, 0.25) is 10.0 Å². The molecule has 2 aliphatic heterocycles. The summed E-state index contributed by atoms with van der Waals surface area (Å²) in [5.74, 6) is 0.860. The van der Waals surface area contributed by atoms with Crippen LogP contribution in [0, 0.1) is 0 Å². The number of nitrogens with one attached hydrogen (secondary N) is 1. The summed E-state index contributed by atoms with van der Waals surface area (Å²) >= 11 is 0. The number of carbonyl (C=O) groups is 1. The second-order valence-electron chi connectivity index (χ2n) is 6.78. The van der Waals surface area contributed by atoms with Crippen molar-refractivity contribution < 1.29 is 27.4 Å². The summed E-state index contributed by atoms with van der Waals surface area (Å²) in [4.78, 5) is 12.5. The van der Waals surface area contributed by atoms with E-state index in [1.807, 2.05) is 0 Å². The third kappa shape index (κ3) is 4.69. The Morgan fingerprint density at radius 1 is 0.931 bits per heavy atom. The van der Waals surface area contributed by atoms with Crippen LogP contribution in [0.3, 0.4) is 0 Å². The van der Waals surface area contributed by atoms with Crippen LogP contribution in [0.25, 0.3) is 0 Å². The minimum absolute atomic E-state index is 0.100. The van der Waals surface area contributed by atoms with Crippen LogP contribution in [0.1, 0.15) is 15.9 Å². The van der Waals surface area contributed by atoms with E-state index in [9.17, 15) is 13.2 Å². The average molecular weight is 418 g/mol. The first-order chi connectivity index (χ1) is 14.0. The van der Waals surface area contributed by atoms with Crippen molar-refractivity contribution in [1.29, 1.82) is 0 Å². The quantitative estimate of drug-likeness (QED) is 0.797. The summed E-state index contributed by atoms with van der Waals surface area (Å²) in [5, 5.41) is 2.81. The highest BCUT2D eigenvalue weighted by Gasteiger charge is 2.24. The van der Waals surface area contributed by atoms with Gasteiger partial charge in [-0.25, -0.2) is 8.42 Å². The van der Waals surface area contributed by atoms with Crippen molar-refractivity contribution in [3.63, 3.8) is 0 Å². The highest BCUT2D eigenvalue weighted by atomic mass is 32.2. The Labute approximate surface area is 169 Å². The van der Waals surface area contributed by atoms with Gasteiger partial charge >= 0.3 is 0 Å². The van der Waals surface area contributed by atoms with Crippen molar-refractivity contribution >= 4 is 21.6 Å². The number of hydrogen-bond acceptors (Lipinski definition) is 6. The van der Waals surface area contributed by atoms with Crippen molar-refractivity contribution in [2.24, 2.45) is 0 Å². The Kier molecular flexibility index (Phi) is 5.70. The zero-order chi connectivity index (χ0) is 20.3. The average Bonchev–Trinajstić information content (AvgIpc) is 2.74. The number of amides is 1. The van der Waals surface area contributed by atoms with Gasteiger partial charge in [0, 0.05) is 30.4 Å². The Hall–Kier alpha value is -2.62. The summed E-state index contributed by atoms with van der Waals surface area (Å²) in [7, 11) is -3.40. The van der Waals surface area contributed by atoms with Gasteiger partial charge in [-0.1, -0.05) is 12.1 Å². The molecule has 0 bridgehead atoms. The van der Waals surface area contributed by atoms with Gasteiger partial charge in [0.15, 0.2) is 11.5 Å². The van der Waals surface area contributed by atoms with E-state index in [0.717, 1.165) is 0 Å². The zero-order valence-corrected chi connectivity index (χ0v) is 16.6. The van der Waals surface area contributed by atoms with E-state index in [4.69, 9.17) is 14.2 Å². The molecule has 0 spiro atoms. The molecule has 2 aromatic rings. The van der Waals surface area contributed by atoms with E-state index < -0.39 is 10.0 Å². The Morgan fingerprint density at radius 3 is 2.34 bits per heavy atom. The minimum atomic E-state index is -3.40. The molecule has 0 atom stereocenters. The van der Waals surface area contributed by atoms with Crippen LogP contribution in [0.15, 0.2) is 42.5 Å². The standard InChI is InChI=1S/C20H22N2O6S/c23-20(21-17-5-6-18-19(13-17)28-12-11-27-18)16-3-1-15(2-4-16)14-29(24,25)22-7-9-26-10-8-22/h1-6,13H,7-12,14H2,(H,21,23). The molecule has 1 saturated heterocycles. The van der Waals surface area contributed by atoms with Crippen molar-refractivity contribution in [2.45, 2.75) is 5.75 Å². The molecule has 2 heterocycles. The topological polar surface area (TPSA) is 94.2 Å². The predicted octanol–water partition coefficient (Wildman–Crippen LogP) is 1.87. The van der Waals surface area contributed by atoms with Crippen LogP contribution in [-0.4, -0.2) is 58.1 Å². The number of hydrogen-bond donors (Lipinski definition) is 1. The van der Waals surface area contributed by atoms with Gasteiger partial charge in [-0.2, -0.15) is 4.31 Å². The molecule has 0 aromatic heterocycles. The lowest BCUT2D eigenvalue weighted by molar-refractivity contribution is 0.0729. The van der Waals surface area contributed by atoms with E-state index in [1.165, 1.54) is 4.31 Å². The van der Waals surface area contributed by atoms with Gasteiger partial charge in [-0.05, 0) is 29.8 Å².